The Balaban J connectivity index is 1.74. The van der Waals surface area contributed by atoms with Crippen molar-refractivity contribution in [1.29, 1.82) is 0 Å². The lowest BCUT2D eigenvalue weighted by Crippen LogP contribution is -2.23. The van der Waals surface area contributed by atoms with Crippen molar-refractivity contribution in [2.24, 2.45) is 0 Å². The molecule has 1 aromatic heterocycles. The number of nitrogens with zero attached hydrogens (tertiary/aromatic N) is 2. The van der Waals surface area contributed by atoms with Gasteiger partial charge in [0.1, 0.15) is 5.69 Å². The maximum Gasteiger partial charge on any atom is 0.277 e. The standard InChI is InChI=1S/C18H13F2N5O4S/c19-12-5-4-10(7-13(12)20)16(26)22-14-15(21)23-18(24-17(14)27)30-8-9-2-1-3-11(6-9)25(28)29/h1-7H,8H2,(H,22,26)(H3,21,23,24,27). The SMILES string of the molecule is Nc1nc(SCc2cccc([N+](=O)[O-])c2)[nH]c(=O)c1NC(=O)c1ccc(F)c(F)c1. The first-order valence-electron chi connectivity index (χ1n) is 8.27. The number of hydrogen-bond donors (Lipinski definition) is 3. The highest BCUT2D eigenvalue weighted by molar-refractivity contribution is 7.98. The van der Waals surface area contributed by atoms with Gasteiger partial charge in [-0.3, -0.25) is 24.7 Å². The number of nitrogens with two attached hydrogens (primary N) is 1. The Hall–Kier alpha value is -3.80. The lowest BCUT2D eigenvalue weighted by molar-refractivity contribution is -0.384. The number of hydrogen-bond acceptors (Lipinski definition) is 7. The Morgan fingerprint density at radius 1 is 1.23 bits per heavy atom. The van der Waals surface area contributed by atoms with E-state index in [9.17, 15) is 28.5 Å². The average Bonchev–Trinajstić information content (AvgIpc) is 2.71. The molecule has 0 saturated carbocycles. The van der Waals surface area contributed by atoms with Crippen molar-refractivity contribution in [1.82, 2.24) is 9.97 Å². The number of thioether (sulfide) groups is 1. The molecule has 3 aromatic rings. The van der Waals surface area contributed by atoms with Crippen molar-refractivity contribution in [3.8, 4) is 0 Å². The van der Waals surface area contributed by atoms with Crippen molar-refractivity contribution in [3.63, 3.8) is 0 Å². The lowest BCUT2D eigenvalue weighted by Gasteiger charge is -2.09. The molecule has 30 heavy (non-hydrogen) atoms. The van der Waals surface area contributed by atoms with Gasteiger partial charge in [-0.15, -0.1) is 0 Å². The molecular formula is C18H13F2N5O4S. The zero-order valence-electron chi connectivity index (χ0n) is 15.0. The van der Waals surface area contributed by atoms with E-state index in [1.165, 1.54) is 18.2 Å². The van der Waals surface area contributed by atoms with Crippen molar-refractivity contribution in [2.75, 3.05) is 11.1 Å². The Labute approximate surface area is 171 Å². The third-order valence-electron chi connectivity index (χ3n) is 3.84. The topological polar surface area (TPSA) is 144 Å². The summed E-state index contributed by atoms with van der Waals surface area (Å²) in [7, 11) is 0. The number of carbonyl (C=O) groups excluding carboxylic acids is 1. The van der Waals surface area contributed by atoms with E-state index >= 15 is 0 Å². The van der Waals surface area contributed by atoms with Gasteiger partial charge in [0, 0.05) is 23.4 Å². The number of benzene rings is 2. The molecule has 1 heterocycles. The molecule has 3 rings (SSSR count). The molecule has 0 aliphatic heterocycles. The second kappa shape index (κ2) is 8.69. The van der Waals surface area contributed by atoms with Gasteiger partial charge in [-0.25, -0.2) is 13.8 Å². The van der Waals surface area contributed by atoms with Gasteiger partial charge in [-0.05, 0) is 23.8 Å². The van der Waals surface area contributed by atoms with Crippen LogP contribution in [0.5, 0.6) is 0 Å². The van der Waals surface area contributed by atoms with E-state index in [1.54, 1.807) is 6.07 Å². The number of nitro benzene ring substituents is 1. The molecule has 12 heteroatoms. The summed E-state index contributed by atoms with van der Waals surface area (Å²) in [6.07, 6.45) is 0. The van der Waals surface area contributed by atoms with Gasteiger partial charge in [0.25, 0.3) is 17.2 Å². The Morgan fingerprint density at radius 2 is 2.00 bits per heavy atom. The number of nitro groups is 1. The number of non-ortho nitro benzene ring substituents is 1. The summed E-state index contributed by atoms with van der Waals surface area (Å²) in [4.78, 5) is 41.2. The number of amides is 1. The number of aromatic amines is 1. The summed E-state index contributed by atoms with van der Waals surface area (Å²) >= 11 is 1.08. The lowest BCUT2D eigenvalue weighted by atomic mass is 10.2. The number of nitrogen functional groups attached to an aromatic ring is 1. The van der Waals surface area contributed by atoms with Crippen LogP contribution in [0.25, 0.3) is 0 Å². The molecule has 0 unspecified atom stereocenters. The molecule has 0 atom stereocenters. The minimum Gasteiger partial charge on any atom is -0.382 e. The normalized spacial score (nSPS) is 10.6. The van der Waals surface area contributed by atoms with E-state index < -0.39 is 28.0 Å². The molecule has 0 fully saturated rings. The van der Waals surface area contributed by atoms with E-state index in [4.69, 9.17) is 5.73 Å². The minimum absolute atomic E-state index is 0.0654. The van der Waals surface area contributed by atoms with Crippen LogP contribution in [-0.4, -0.2) is 20.8 Å². The van der Waals surface area contributed by atoms with Gasteiger partial charge in [0.2, 0.25) is 0 Å². The fraction of sp³-hybridized carbons (Fsp3) is 0.0556. The van der Waals surface area contributed by atoms with Crippen LogP contribution in [0.3, 0.4) is 0 Å². The third-order valence-corrected chi connectivity index (χ3v) is 4.79. The molecule has 1 amide bonds. The molecule has 0 bridgehead atoms. The van der Waals surface area contributed by atoms with Crippen LogP contribution in [0.4, 0.5) is 26.0 Å². The van der Waals surface area contributed by atoms with Crippen LogP contribution in [0.1, 0.15) is 15.9 Å². The smallest absolute Gasteiger partial charge is 0.277 e. The molecule has 0 radical (unpaired) electrons. The number of carbonyl (C=O) groups is 1. The van der Waals surface area contributed by atoms with Crippen molar-refractivity contribution < 1.29 is 18.5 Å². The summed E-state index contributed by atoms with van der Waals surface area (Å²) in [5.41, 5.74) is 5.01. The van der Waals surface area contributed by atoms with E-state index in [0.717, 1.165) is 23.9 Å². The van der Waals surface area contributed by atoms with Gasteiger partial charge in [-0.2, -0.15) is 0 Å². The Morgan fingerprint density at radius 3 is 2.67 bits per heavy atom. The Kier molecular flexibility index (Phi) is 6.06. The first-order chi connectivity index (χ1) is 14.2. The first kappa shape index (κ1) is 20.9. The number of aromatic nitrogens is 2. The van der Waals surface area contributed by atoms with Gasteiger partial charge in [0.05, 0.1) is 4.92 Å². The number of rotatable bonds is 6. The maximum absolute atomic E-state index is 13.3. The van der Waals surface area contributed by atoms with E-state index in [-0.39, 0.29) is 33.7 Å². The zero-order valence-corrected chi connectivity index (χ0v) is 15.8. The minimum atomic E-state index is -1.21. The van der Waals surface area contributed by atoms with Gasteiger partial charge < -0.3 is 11.1 Å². The van der Waals surface area contributed by atoms with Crippen LogP contribution in [0.2, 0.25) is 0 Å². The van der Waals surface area contributed by atoms with Crippen molar-refractivity contribution in [2.45, 2.75) is 10.9 Å². The van der Waals surface area contributed by atoms with Crippen molar-refractivity contribution in [3.05, 3.63) is 85.7 Å². The second-order valence-corrected chi connectivity index (χ2v) is 6.89. The number of H-pyrrole nitrogens is 1. The third kappa shape index (κ3) is 4.78. The molecule has 4 N–H and O–H groups in total. The quantitative estimate of drug-likeness (QED) is 0.234. The predicted molar refractivity (Wildman–Crippen MR) is 106 cm³/mol. The van der Waals surface area contributed by atoms with E-state index in [0.29, 0.717) is 11.6 Å². The summed E-state index contributed by atoms with van der Waals surface area (Å²) in [5, 5.41) is 13.2. The van der Waals surface area contributed by atoms with E-state index in [1.807, 2.05) is 0 Å². The van der Waals surface area contributed by atoms with Crippen LogP contribution in [0.15, 0.2) is 52.4 Å². The van der Waals surface area contributed by atoms with Crippen molar-refractivity contribution >= 4 is 34.9 Å². The monoisotopic (exact) mass is 433 g/mol. The van der Waals surface area contributed by atoms with Gasteiger partial charge in [-0.1, -0.05) is 23.9 Å². The molecule has 9 nitrogen and oxygen atoms in total. The largest absolute Gasteiger partial charge is 0.382 e. The molecule has 0 saturated heterocycles. The highest BCUT2D eigenvalue weighted by Gasteiger charge is 2.16. The zero-order chi connectivity index (χ0) is 21.8. The molecular weight excluding hydrogens is 420 g/mol. The number of halogens is 2. The summed E-state index contributed by atoms with van der Waals surface area (Å²) in [6.45, 7) is 0. The second-order valence-electron chi connectivity index (χ2n) is 5.93. The Bertz CT molecular complexity index is 1200. The summed E-state index contributed by atoms with van der Waals surface area (Å²) in [5.74, 6) is -3.21. The van der Waals surface area contributed by atoms with Crippen LogP contribution < -0.4 is 16.6 Å². The summed E-state index contributed by atoms with van der Waals surface area (Å²) < 4.78 is 26.3. The van der Waals surface area contributed by atoms with E-state index in [2.05, 4.69) is 15.3 Å². The molecule has 2 aromatic carbocycles. The number of nitrogens with one attached hydrogen (secondary N) is 2. The summed E-state index contributed by atoms with van der Waals surface area (Å²) in [6, 6.07) is 8.49. The highest BCUT2D eigenvalue weighted by atomic mass is 32.2. The highest BCUT2D eigenvalue weighted by Crippen LogP contribution is 2.23. The fourth-order valence-corrected chi connectivity index (χ4v) is 3.20. The predicted octanol–water partition coefficient (Wildman–Crippen LogP) is 3.08. The maximum atomic E-state index is 13.3. The molecule has 0 aliphatic carbocycles. The first-order valence-corrected chi connectivity index (χ1v) is 9.25. The molecule has 154 valence electrons. The fourth-order valence-electron chi connectivity index (χ4n) is 2.39. The van der Waals surface area contributed by atoms with Gasteiger partial charge >= 0.3 is 0 Å². The van der Waals surface area contributed by atoms with Gasteiger partial charge in [0.15, 0.2) is 22.6 Å². The van der Waals surface area contributed by atoms with Crippen LogP contribution in [0, 0.1) is 21.7 Å². The van der Waals surface area contributed by atoms with Crippen LogP contribution >= 0.6 is 11.8 Å². The van der Waals surface area contributed by atoms with Crippen LogP contribution in [-0.2, 0) is 5.75 Å². The molecule has 0 aliphatic rings. The molecule has 0 spiro atoms. The number of anilines is 2. The average molecular weight is 433 g/mol.